The number of aromatic nitrogens is 3. The first-order chi connectivity index (χ1) is 12.1. The molecule has 25 heavy (non-hydrogen) atoms. The topological polar surface area (TPSA) is 72.3 Å². The molecule has 2 aromatic carbocycles. The lowest BCUT2D eigenvalue weighted by Crippen LogP contribution is -2.01. The number of benzene rings is 2. The van der Waals surface area contributed by atoms with Crippen LogP contribution in [0.5, 0.6) is 0 Å². The molecule has 0 aliphatic carbocycles. The third-order valence-electron chi connectivity index (χ3n) is 3.69. The molecule has 0 radical (unpaired) electrons. The van der Waals surface area contributed by atoms with Crippen LogP contribution >= 0.6 is 12.2 Å². The highest BCUT2D eigenvalue weighted by molar-refractivity contribution is 7.71. The smallest absolute Gasteiger partial charge is 0.337 e. The molecule has 0 aliphatic rings. The maximum absolute atomic E-state index is 11.5. The van der Waals surface area contributed by atoms with Gasteiger partial charge in [0.05, 0.1) is 18.9 Å². The fourth-order valence-electron chi connectivity index (χ4n) is 2.34. The van der Waals surface area contributed by atoms with Gasteiger partial charge in [-0.1, -0.05) is 36.4 Å². The van der Waals surface area contributed by atoms with E-state index in [0.29, 0.717) is 16.2 Å². The molecule has 0 bridgehead atoms. The van der Waals surface area contributed by atoms with Gasteiger partial charge in [-0.2, -0.15) is 14.9 Å². The Kier molecular flexibility index (Phi) is 4.85. The molecule has 7 heteroatoms. The molecule has 3 rings (SSSR count). The third kappa shape index (κ3) is 3.56. The number of esters is 1. The number of rotatable bonds is 4. The molecule has 0 atom stereocenters. The van der Waals surface area contributed by atoms with Crippen LogP contribution in [0.2, 0.25) is 0 Å². The number of methoxy groups -OCH3 is 1. The molecule has 6 nitrogen and oxygen atoms in total. The molecule has 0 amide bonds. The quantitative estimate of drug-likeness (QED) is 0.442. The molecule has 0 aliphatic heterocycles. The van der Waals surface area contributed by atoms with E-state index in [1.54, 1.807) is 35.2 Å². The molecule has 0 spiro atoms. The zero-order chi connectivity index (χ0) is 17.8. The first-order valence-corrected chi connectivity index (χ1v) is 7.97. The number of carbonyl (C=O) groups is 1. The van der Waals surface area contributed by atoms with Crippen LogP contribution in [-0.4, -0.2) is 34.2 Å². The number of aromatic amines is 1. The van der Waals surface area contributed by atoms with Crippen molar-refractivity contribution in [2.24, 2.45) is 5.10 Å². The summed E-state index contributed by atoms with van der Waals surface area (Å²) in [7, 11) is 1.35. The van der Waals surface area contributed by atoms with Gasteiger partial charge in [0, 0.05) is 5.56 Å². The molecule has 1 aromatic heterocycles. The summed E-state index contributed by atoms with van der Waals surface area (Å²) in [6, 6.07) is 14.8. The summed E-state index contributed by atoms with van der Waals surface area (Å²) in [4.78, 5) is 11.5. The summed E-state index contributed by atoms with van der Waals surface area (Å²) in [5, 5.41) is 11.5. The number of nitrogens with zero attached hydrogens (tertiary/aromatic N) is 3. The second-order valence-corrected chi connectivity index (χ2v) is 5.72. The van der Waals surface area contributed by atoms with E-state index in [1.165, 1.54) is 7.11 Å². The van der Waals surface area contributed by atoms with Crippen molar-refractivity contribution in [3.8, 4) is 11.4 Å². The molecular weight excluding hydrogens is 336 g/mol. The van der Waals surface area contributed by atoms with Gasteiger partial charge in [0.15, 0.2) is 5.82 Å². The van der Waals surface area contributed by atoms with Gasteiger partial charge in [-0.3, -0.25) is 0 Å². The lowest BCUT2D eigenvalue weighted by molar-refractivity contribution is 0.0600. The molecule has 3 aromatic rings. The zero-order valence-electron chi connectivity index (χ0n) is 13.8. The van der Waals surface area contributed by atoms with Crippen molar-refractivity contribution in [3.05, 3.63) is 70.0 Å². The second kappa shape index (κ2) is 7.23. The van der Waals surface area contributed by atoms with Gasteiger partial charge in [0.25, 0.3) is 0 Å². The van der Waals surface area contributed by atoms with Crippen LogP contribution in [0.4, 0.5) is 0 Å². The van der Waals surface area contributed by atoms with Gasteiger partial charge in [-0.05, 0) is 42.4 Å². The number of nitrogens with one attached hydrogen (secondary N) is 1. The van der Waals surface area contributed by atoms with Crippen molar-refractivity contribution in [1.82, 2.24) is 14.9 Å². The van der Waals surface area contributed by atoms with E-state index in [0.717, 1.165) is 16.7 Å². The molecule has 0 fully saturated rings. The Bertz CT molecular complexity index is 987. The van der Waals surface area contributed by atoms with Crippen LogP contribution in [-0.2, 0) is 4.74 Å². The molecule has 126 valence electrons. The van der Waals surface area contributed by atoms with E-state index in [2.05, 4.69) is 20.0 Å². The average molecular weight is 352 g/mol. The Labute approximate surface area is 149 Å². The molecular formula is C18H16N4O2S. The molecule has 0 saturated heterocycles. The minimum atomic E-state index is -0.373. The lowest BCUT2D eigenvalue weighted by atomic mass is 10.1. The summed E-state index contributed by atoms with van der Waals surface area (Å²) >= 11 is 5.27. The fraction of sp³-hybridized carbons (Fsp3) is 0.111. The highest BCUT2D eigenvalue weighted by Gasteiger charge is 2.10. The van der Waals surface area contributed by atoms with Crippen molar-refractivity contribution < 1.29 is 9.53 Å². The molecule has 0 saturated carbocycles. The lowest BCUT2D eigenvalue weighted by Gasteiger charge is -2.04. The standard InChI is InChI=1S/C18H16N4O2S/c1-12-5-3-4-6-15(12)16-20-21-18(25)22(16)19-11-13-7-9-14(10-8-13)17(23)24-2/h3-11H,1-2H3,(H,21,25). The number of ether oxygens (including phenoxy) is 1. The number of H-pyrrole nitrogens is 1. The first kappa shape index (κ1) is 16.8. The molecule has 1 heterocycles. The van der Waals surface area contributed by atoms with Crippen LogP contribution < -0.4 is 0 Å². The fourth-order valence-corrected chi connectivity index (χ4v) is 2.52. The highest BCUT2D eigenvalue weighted by atomic mass is 32.1. The van der Waals surface area contributed by atoms with Crippen LogP contribution in [0.25, 0.3) is 11.4 Å². The Morgan fingerprint density at radius 3 is 2.64 bits per heavy atom. The Balaban J connectivity index is 1.92. The molecule has 0 unspecified atom stereocenters. The number of carbonyl (C=O) groups excluding carboxylic acids is 1. The van der Waals surface area contributed by atoms with Gasteiger partial charge in [0.2, 0.25) is 4.77 Å². The third-order valence-corrected chi connectivity index (χ3v) is 3.95. The Morgan fingerprint density at radius 1 is 1.24 bits per heavy atom. The van der Waals surface area contributed by atoms with Crippen LogP contribution in [0.15, 0.2) is 53.6 Å². The number of aryl methyl sites for hydroxylation is 1. The van der Waals surface area contributed by atoms with Crippen molar-refractivity contribution in [2.45, 2.75) is 6.92 Å². The van der Waals surface area contributed by atoms with E-state index in [1.807, 2.05) is 31.2 Å². The monoisotopic (exact) mass is 352 g/mol. The van der Waals surface area contributed by atoms with Crippen molar-refractivity contribution >= 4 is 24.4 Å². The van der Waals surface area contributed by atoms with E-state index in [-0.39, 0.29) is 5.97 Å². The summed E-state index contributed by atoms with van der Waals surface area (Å²) in [6.45, 7) is 2.01. The summed E-state index contributed by atoms with van der Waals surface area (Å²) in [5.41, 5.74) is 3.34. The van der Waals surface area contributed by atoms with Gasteiger partial charge in [-0.25, -0.2) is 9.89 Å². The SMILES string of the molecule is COC(=O)c1ccc(C=Nn2c(-c3ccccc3C)n[nH]c2=S)cc1. The van der Waals surface area contributed by atoms with Gasteiger partial charge in [-0.15, -0.1) is 0 Å². The van der Waals surface area contributed by atoms with Gasteiger partial charge in [0.1, 0.15) is 0 Å². The van der Waals surface area contributed by atoms with Crippen molar-refractivity contribution in [1.29, 1.82) is 0 Å². The normalized spacial score (nSPS) is 11.0. The number of hydrogen-bond acceptors (Lipinski definition) is 5. The highest BCUT2D eigenvalue weighted by Crippen LogP contribution is 2.21. The Morgan fingerprint density at radius 2 is 1.96 bits per heavy atom. The minimum absolute atomic E-state index is 0.373. The number of hydrogen-bond donors (Lipinski definition) is 1. The van der Waals surface area contributed by atoms with Crippen LogP contribution in [0.1, 0.15) is 21.5 Å². The largest absolute Gasteiger partial charge is 0.465 e. The molecule has 1 N–H and O–H groups in total. The van der Waals surface area contributed by atoms with E-state index in [4.69, 9.17) is 12.2 Å². The van der Waals surface area contributed by atoms with Crippen molar-refractivity contribution in [3.63, 3.8) is 0 Å². The summed E-state index contributed by atoms with van der Waals surface area (Å²) in [6.07, 6.45) is 1.66. The van der Waals surface area contributed by atoms with E-state index < -0.39 is 0 Å². The average Bonchev–Trinajstić information content (AvgIpc) is 3.00. The minimum Gasteiger partial charge on any atom is -0.465 e. The Hall–Kier alpha value is -3.06. The van der Waals surface area contributed by atoms with Gasteiger partial charge >= 0.3 is 5.97 Å². The van der Waals surface area contributed by atoms with E-state index >= 15 is 0 Å². The first-order valence-electron chi connectivity index (χ1n) is 7.56. The predicted molar refractivity (Wildman–Crippen MR) is 98.4 cm³/mol. The zero-order valence-corrected chi connectivity index (χ0v) is 14.6. The summed E-state index contributed by atoms with van der Waals surface area (Å²) < 4.78 is 6.66. The van der Waals surface area contributed by atoms with E-state index in [9.17, 15) is 4.79 Å². The van der Waals surface area contributed by atoms with Crippen LogP contribution in [0, 0.1) is 11.7 Å². The predicted octanol–water partition coefficient (Wildman–Crippen LogP) is 3.58. The maximum atomic E-state index is 11.5. The van der Waals surface area contributed by atoms with Gasteiger partial charge < -0.3 is 4.74 Å². The summed E-state index contributed by atoms with van der Waals surface area (Å²) in [5.74, 6) is 0.271. The maximum Gasteiger partial charge on any atom is 0.337 e. The van der Waals surface area contributed by atoms with Crippen LogP contribution in [0.3, 0.4) is 0 Å². The second-order valence-electron chi connectivity index (χ2n) is 5.34. The van der Waals surface area contributed by atoms with Crippen molar-refractivity contribution in [2.75, 3.05) is 7.11 Å².